The molecule has 0 radical (unpaired) electrons. The minimum absolute atomic E-state index is 0.0805. The van der Waals surface area contributed by atoms with E-state index in [2.05, 4.69) is 5.10 Å². The van der Waals surface area contributed by atoms with Crippen LogP contribution in [-0.2, 0) is 11.2 Å². The Hall–Kier alpha value is -3.48. The quantitative estimate of drug-likeness (QED) is 0.773. The standard InChI is InChI=1S/C23H24N2O5/c1-14-9-17-10-22-23(30-13-29-22)12-19(17)20(24-25(14)15(2)26)8-6-16-5-7-18(27-3)11-21(16)28-4/h5-8,10-12,14H,9,13H2,1-4H3/b8-6+. The predicted molar refractivity (Wildman–Crippen MR) is 113 cm³/mol. The summed E-state index contributed by atoms with van der Waals surface area (Å²) >= 11 is 0. The molecule has 2 heterocycles. The average Bonchev–Trinajstić information content (AvgIpc) is 3.14. The van der Waals surface area contributed by atoms with E-state index in [-0.39, 0.29) is 18.7 Å². The molecule has 30 heavy (non-hydrogen) atoms. The number of methoxy groups -OCH3 is 2. The van der Waals surface area contributed by atoms with Crippen LogP contribution in [0.3, 0.4) is 0 Å². The van der Waals surface area contributed by atoms with Crippen LogP contribution in [0.2, 0.25) is 0 Å². The number of hydrogen-bond acceptors (Lipinski definition) is 6. The van der Waals surface area contributed by atoms with E-state index in [4.69, 9.17) is 18.9 Å². The highest BCUT2D eigenvalue weighted by Crippen LogP contribution is 2.37. The maximum Gasteiger partial charge on any atom is 0.239 e. The molecule has 1 amide bonds. The van der Waals surface area contributed by atoms with Crippen LogP contribution in [0.4, 0.5) is 0 Å². The van der Waals surface area contributed by atoms with Gasteiger partial charge in [-0.3, -0.25) is 4.79 Å². The molecular weight excluding hydrogens is 384 g/mol. The first-order chi connectivity index (χ1) is 14.5. The van der Waals surface area contributed by atoms with Crippen molar-refractivity contribution in [2.24, 2.45) is 5.10 Å². The van der Waals surface area contributed by atoms with Crippen molar-refractivity contribution in [3.63, 3.8) is 0 Å². The zero-order valence-electron chi connectivity index (χ0n) is 17.5. The Bertz CT molecular complexity index is 1040. The number of amides is 1. The van der Waals surface area contributed by atoms with Crippen molar-refractivity contribution >= 4 is 17.7 Å². The van der Waals surface area contributed by atoms with Crippen LogP contribution in [0.15, 0.2) is 41.5 Å². The second-order valence-electron chi connectivity index (χ2n) is 7.21. The molecule has 1 unspecified atom stereocenters. The number of allylic oxidation sites excluding steroid dienone is 1. The smallest absolute Gasteiger partial charge is 0.239 e. The molecule has 0 spiro atoms. The summed E-state index contributed by atoms with van der Waals surface area (Å²) in [6.45, 7) is 3.72. The minimum Gasteiger partial charge on any atom is -0.497 e. The fourth-order valence-corrected chi connectivity index (χ4v) is 3.69. The molecule has 0 saturated heterocycles. The number of hydrazone groups is 1. The highest BCUT2D eigenvalue weighted by molar-refractivity contribution is 6.12. The van der Waals surface area contributed by atoms with Crippen LogP contribution in [0, 0.1) is 0 Å². The van der Waals surface area contributed by atoms with Gasteiger partial charge in [-0.25, -0.2) is 5.01 Å². The molecule has 0 aliphatic carbocycles. The van der Waals surface area contributed by atoms with E-state index in [0.29, 0.717) is 29.4 Å². The van der Waals surface area contributed by atoms with Crippen LogP contribution in [0.25, 0.3) is 6.08 Å². The molecule has 2 aliphatic rings. The van der Waals surface area contributed by atoms with Gasteiger partial charge in [0.2, 0.25) is 12.7 Å². The van der Waals surface area contributed by atoms with Crippen molar-refractivity contribution in [1.82, 2.24) is 5.01 Å². The van der Waals surface area contributed by atoms with E-state index in [9.17, 15) is 4.79 Å². The number of hydrogen-bond donors (Lipinski definition) is 0. The summed E-state index contributed by atoms with van der Waals surface area (Å²) in [5.41, 5.74) is 3.51. The van der Waals surface area contributed by atoms with E-state index in [1.807, 2.05) is 49.4 Å². The summed E-state index contributed by atoms with van der Waals surface area (Å²) in [7, 11) is 3.23. The minimum atomic E-state index is -0.108. The number of rotatable bonds is 4. The Balaban J connectivity index is 1.79. The van der Waals surface area contributed by atoms with Gasteiger partial charge in [0.25, 0.3) is 0 Å². The molecule has 2 aliphatic heterocycles. The van der Waals surface area contributed by atoms with E-state index < -0.39 is 0 Å². The van der Waals surface area contributed by atoms with Gasteiger partial charge in [-0.1, -0.05) is 0 Å². The Morgan fingerprint density at radius 3 is 2.60 bits per heavy atom. The monoisotopic (exact) mass is 408 g/mol. The summed E-state index contributed by atoms with van der Waals surface area (Å²) < 4.78 is 21.9. The van der Waals surface area contributed by atoms with E-state index in [1.54, 1.807) is 14.2 Å². The third kappa shape index (κ3) is 3.70. The first-order valence-electron chi connectivity index (χ1n) is 9.71. The van der Waals surface area contributed by atoms with Crippen LogP contribution < -0.4 is 18.9 Å². The Morgan fingerprint density at radius 2 is 1.90 bits per heavy atom. The largest absolute Gasteiger partial charge is 0.497 e. The van der Waals surface area contributed by atoms with Crippen molar-refractivity contribution in [3.8, 4) is 23.0 Å². The lowest BCUT2D eigenvalue weighted by Gasteiger charge is -2.21. The van der Waals surface area contributed by atoms with Gasteiger partial charge in [-0.2, -0.15) is 5.10 Å². The number of fused-ring (bicyclic) bond motifs is 2. The summed E-state index contributed by atoms with van der Waals surface area (Å²) in [6, 6.07) is 9.44. The topological polar surface area (TPSA) is 69.6 Å². The van der Waals surface area contributed by atoms with E-state index in [0.717, 1.165) is 22.4 Å². The van der Waals surface area contributed by atoms with Crippen LogP contribution >= 0.6 is 0 Å². The zero-order valence-corrected chi connectivity index (χ0v) is 17.5. The molecule has 7 heteroatoms. The van der Waals surface area contributed by atoms with Gasteiger partial charge in [-0.05, 0) is 55.3 Å². The maximum absolute atomic E-state index is 12.2. The van der Waals surface area contributed by atoms with Crippen molar-refractivity contribution in [3.05, 3.63) is 53.1 Å². The van der Waals surface area contributed by atoms with Gasteiger partial charge < -0.3 is 18.9 Å². The Labute approximate surface area is 175 Å². The SMILES string of the molecule is COc1ccc(/C=C/C2=NN(C(C)=O)C(C)Cc3cc4c(cc32)OCO4)c(OC)c1. The van der Waals surface area contributed by atoms with Gasteiger partial charge in [0, 0.05) is 24.1 Å². The van der Waals surface area contributed by atoms with Crippen molar-refractivity contribution in [2.75, 3.05) is 21.0 Å². The number of carbonyl (C=O) groups excluding carboxylic acids is 1. The normalized spacial score (nSPS) is 17.4. The van der Waals surface area contributed by atoms with Crippen molar-refractivity contribution in [1.29, 1.82) is 0 Å². The molecule has 0 aromatic heterocycles. The first-order valence-corrected chi connectivity index (χ1v) is 9.71. The van der Waals surface area contributed by atoms with Gasteiger partial charge >= 0.3 is 0 Å². The highest BCUT2D eigenvalue weighted by atomic mass is 16.7. The van der Waals surface area contributed by atoms with Crippen LogP contribution in [0.1, 0.15) is 30.5 Å². The number of ether oxygens (including phenoxy) is 4. The third-order valence-corrected chi connectivity index (χ3v) is 5.21. The molecule has 156 valence electrons. The second kappa shape index (κ2) is 8.10. The molecule has 0 saturated carbocycles. The van der Waals surface area contributed by atoms with E-state index in [1.165, 1.54) is 11.9 Å². The van der Waals surface area contributed by atoms with Gasteiger partial charge in [0.1, 0.15) is 11.5 Å². The molecule has 2 aromatic carbocycles. The zero-order chi connectivity index (χ0) is 21.3. The molecule has 0 N–H and O–H groups in total. The van der Waals surface area contributed by atoms with Crippen molar-refractivity contribution < 1.29 is 23.7 Å². The fraction of sp³-hybridized carbons (Fsp3) is 0.304. The Morgan fingerprint density at radius 1 is 1.13 bits per heavy atom. The maximum atomic E-state index is 12.2. The predicted octanol–water partition coefficient (Wildman–Crippen LogP) is 3.64. The second-order valence-corrected chi connectivity index (χ2v) is 7.21. The summed E-state index contributed by atoms with van der Waals surface area (Å²) in [6.07, 6.45) is 4.47. The summed E-state index contributed by atoms with van der Waals surface area (Å²) in [4.78, 5) is 12.2. The number of nitrogens with zero attached hydrogens (tertiary/aromatic N) is 2. The molecule has 7 nitrogen and oxygen atoms in total. The first kappa shape index (κ1) is 19.8. The molecule has 1 atom stereocenters. The third-order valence-electron chi connectivity index (χ3n) is 5.21. The van der Waals surface area contributed by atoms with Crippen LogP contribution in [-0.4, -0.2) is 43.7 Å². The molecule has 4 rings (SSSR count). The molecular formula is C23H24N2O5. The van der Waals surface area contributed by atoms with Gasteiger partial charge in [-0.15, -0.1) is 0 Å². The lowest BCUT2D eigenvalue weighted by atomic mass is 9.96. The molecule has 0 fully saturated rings. The highest BCUT2D eigenvalue weighted by Gasteiger charge is 2.27. The number of benzene rings is 2. The number of carbonyl (C=O) groups is 1. The molecule has 2 aromatic rings. The fourth-order valence-electron chi connectivity index (χ4n) is 3.69. The average molecular weight is 408 g/mol. The Kier molecular flexibility index (Phi) is 5.35. The summed E-state index contributed by atoms with van der Waals surface area (Å²) in [5, 5.41) is 6.20. The molecule has 0 bridgehead atoms. The lowest BCUT2D eigenvalue weighted by Crippen LogP contribution is -2.33. The van der Waals surface area contributed by atoms with Gasteiger partial charge in [0.15, 0.2) is 11.5 Å². The van der Waals surface area contributed by atoms with Gasteiger partial charge in [0.05, 0.1) is 26.0 Å². The van der Waals surface area contributed by atoms with Crippen molar-refractivity contribution in [2.45, 2.75) is 26.3 Å². The lowest BCUT2D eigenvalue weighted by molar-refractivity contribution is -0.130. The van der Waals surface area contributed by atoms with Crippen LogP contribution in [0.5, 0.6) is 23.0 Å². The summed E-state index contributed by atoms with van der Waals surface area (Å²) in [5.74, 6) is 2.69. The van der Waals surface area contributed by atoms with E-state index >= 15 is 0 Å².